The second-order valence-corrected chi connectivity index (χ2v) is 9.81. The SMILES string of the molecule is CN(C(=O)Oc1ccc(F)cc1)N1C[C@@H](C(=O)C2CCN(C(=O)CC#N)CC2)[C@H](c2ccc(Cl)cc2)C1. The summed E-state index contributed by atoms with van der Waals surface area (Å²) in [6.45, 7) is 1.65. The van der Waals surface area contributed by atoms with Crippen molar-refractivity contribution in [1.29, 1.82) is 5.26 Å². The first kappa shape index (κ1) is 26.6. The molecule has 4 rings (SSSR count). The molecule has 2 amide bonds. The Balaban J connectivity index is 1.47. The maximum Gasteiger partial charge on any atom is 0.429 e. The summed E-state index contributed by atoms with van der Waals surface area (Å²) in [5.74, 6) is -1.05. The van der Waals surface area contributed by atoms with E-state index in [0.717, 1.165) is 5.56 Å². The van der Waals surface area contributed by atoms with Gasteiger partial charge >= 0.3 is 6.09 Å². The summed E-state index contributed by atoms with van der Waals surface area (Å²) < 4.78 is 18.6. The maximum atomic E-state index is 13.7. The maximum absolute atomic E-state index is 13.7. The lowest BCUT2D eigenvalue weighted by molar-refractivity contribution is -0.135. The highest BCUT2D eigenvalue weighted by atomic mass is 35.5. The van der Waals surface area contributed by atoms with Crippen molar-refractivity contribution in [2.24, 2.45) is 11.8 Å². The molecule has 8 nitrogen and oxygen atoms in total. The van der Waals surface area contributed by atoms with Gasteiger partial charge in [-0.05, 0) is 54.8 Å². The fraction of sp³-hybridized carbons (Fsp3) is 0.407. The number of hydrogen-bond donors (Lipinski definition) is 0. The number of ketones is 1. The van der Waals surface area contributed by atoms with Crippen LogP contribution in [0.2, 0.25) is 5.02 Å². The van der Waals surface area contributed by atoms with E-state index in [2.05, 4.69) is 0 Å². The number of benzene rings is 2. The number of nitrogens with zero attached hydrogens (tertiary/aromatic N) is 4. The molecule has 0 unspecified atom stereocenters. The van der Waals surface area contributed by atoms with Crippen molar-refractivity contribution >= 4 is 29.4 Å². The van der Waals surface area contributed by atoms with Crippen molar-refractivity contribution in [1.82, 2.24) is 14.9 Å². The lowest BCUT2D eigenvalue weighted by Crippen LogP contribution is -2.45. The number of hydrogen-bond acceptors (Lipinski definition) is 6. The predicted octanol–water partition coefficient (Wildman–Crippen LogP) is 4.26. The van der Waals surface area contributed by atoms with Crippen LogP contribution in [0.1, 0.15) is 30.7 Å². The van der Waals surface area contributed by atoms with Crippen LogP contribution in [-0.2, 0) is 9.59 Å². The van der Waals surface area contributed by atoms with Gasteiger partial charge in [-0.25, -0.2) is 19.2 Å². The van der Waals surface area contributed by atoms with E-state index in [4.69, 9.17) is 21.6 Å². The van der Waals surface area contributed by atoms with Crippen molar-refractivity contribution < 1.29 is 23.5 Å². The summed E-state index contributed by atoms with van der Waals surface area (Å²) in [4.78, 5) is 40.2. The number of ether oxygens (including phenoxy) is 1. The van der Waals surface area contributed by atoms with Crippen LogP contribution in [0.5, 0.6) is 5.75 Å². The second kappa shape index (κ2) is 11.7. The Morgan fingerprint density at radius 1 is 1.08 bits per heavy atom. The fourth-order valence-electron chi connectivity index (χ4n) is 5.04. The van der Waals surface area contributed by atoms with Gasteiger partial charge in [0.15, 0.2) is 0 Å². The van der Waals surface area contributed by atoms with E-state index in [1.54, 1.807) is 29.1 Å². The third-order valence-corrected chi connectivity index (χ3v) is 7.40. The van der Waals surface area contributed by atoms with Gasteiger partial charge in [0.05, 0.1) is 6.07 Å². The average molecular weight is 527 g/mol. The molecule has 2 atom stereocenters. The van der Waals surface area contributed by atoms with Crippen molar-refractivity contribution in [2.75, 3.05) is 33.2 Å². The minimum Gasteiger partial charge on any atom is -0.409 e. The monoisotopic (exact) mass is 526 g/mol. The van der Waals surface area contributed by atoms with Crippen molar-refractivity contribution in [3.05, 3.63) is 64.9 Å². The number of rotatable bonds is 6. The molecular weight excluding hydrogens is 499 g/mol. The van der Waals surface area contributed by atoms with Gasteiger partial charge in [0.1, 0.15) is 23.8 Å². The summed E-state index contributed by atoms with van der Waals surface area (Å²) in [7, 11) is 1.58. The number of carbonyl (C=O) groups is 3. The zero-order valence-corrected chi connectivity index (χ0v) is 21.2. The Hall–Kier alpha value is -3.48. The minimum atomic E-state index is -0.640. The number of carbonyl (C=O) groups excluding carboxylic acids is 3. The van der Waals surface area contributed by atoms with Gasteiger partial charge in [0.25, 0.3) is 0 Å². The summed E-state index contributed by atoms with van der Waals surface area (Å²) in [5, 5.41) is 12.5. The van der Waals surface area contributed by atoms with Crippen LogP contribution in [0.3, 0.4) is 0 Å². The molecule has 10 heteroatoms. The number of amides is 2. The standard InChI is InChI=1S/C27H28ClFN4O4/c1-31(27(36)37-22-8-6-21(29)7-9-22)33-16-23(18-2-4-20(28)5-3-18)24(17-33)26(35)19-11-14-32(15-12-19)25(34)10-13-30/h2-9,19,23-24H,10-12,14-17H2,1H3/t23-,24+/m0/s1. The quantitative estimate of drug-likeness (QED) is 0.558. The Morgan fingerprint density at radius 2 is 1.73 bits per heavy atom. The molecule has 2 fully saturated rings. The molecule has 0 saturated carbocycles. The predicted molar refractivity (Wildman–Crippen MR) is 134 cm³/mol. The van der Waals surface area contributed by atoms with Gasteiger partial charge in [-0.15, -0.1) is 0 Å². The third-order valence-electron chi connectivity index (χ3n) is 7.15. The second-order valence-electron chi connectivity index (χ2n) is 9.37. The molecule has 2 aromatic rings. The molecule has 2 aliphatic rings. The highest BCUT2D eigenvalue weighted by molar-refractivity contribution is 6.30. The van der Waals surface area contributed by atoms with Crippen LogP contribution in [0.4, 0.5) is 9.18 Å². The molecule has 0 N–H and O–H groups in total. The van der Waals surface area contributed by atoms with Gasteiger partial charge < -0.3 is 9.64 Å². The molecule has 0 bridgehead atoms. The number of Topliss-reactive ketones (excluding diaryl/α,β-unsaturated/α-hetero) is 1. The van der Waals surface area contributed by atoms with Crippen LogP contribution < -0.4 is 4.74 Å². The van der Waals surface area contributed by atoms with E-state index >= 15 is 0 Å². The molecule has 2 heterocycles. The Kier molecular flexibility index (Phi) is 8.41. The molecule has 2 saturated heterocycles. The topological polar surface area (TPSA) is 93.9 Å². The van der Waals surface area contributed by atoms with E-state index in [1.165, 1.54) is 29.3 Å². The van der Waals surface area contributed by atoms with Crippen molar-refractivity contribution in [3.8, 4) is 11.8 Å². The first-order chi connectivity index (χ1) is 17.8. The smallest absolute Gasteiger partial charge is 0.409 e. The molecule has 0 aromatic heterocycles. The summed E-state index contributed by atoms with van der Waals surface area (Å²) >= 11 is 6.09. The van der Waals surface area contributed by atoms with Crippen molar-refractivity contribution in [3.63, 3.8) is 0 Å². The molecule has 0 spiro atoms. The van der Waals surface area contributed by atoms with Gasteiger partial charge in [-0.2, -0.15) is 5.26 Å². The normalized spacial score (nSPS) is 20.3. The lowest BCUT2D eigenvalue weighted by atomic mass is 9.79. The van der Waals surface area contributed by atoms with E-state index in [9.17, 15) is 18.8 Å². The average Bonchev–Trinajstić information content (AvgIpc) is 3.35. The number of nitriles is 1. The third kappa shape index (κ3) is 6.27. The fourth-order valence-corrected chi connectivity index (χ4v) is 5.17. The number of hydrazine groups is 1. The number of likely N-dealkylation sites (tertiary alicyclic amines) is 1. The molecular formula is C27H28ClFN4O4. The van der Waals surface area contributed by atoms with Gasteiger partial charge in [0.2, 0.25) is 5.91 Å². The largest absolute Gasteiger partial charge is 0.429 e. The van der Waals surface area contributed by atoms with Crippen LogP contribution in [0, 0.1) is 29.0 Å². The Bertz CT molecular complexity index is 1180. The van der Waals surface area contributed by atoms with Crippen LogP contribution in [0.15, 0.2) is 48.5 Å². The first-order valence-electron chi connectivity index (χ1n) is 12.2. The zero-order chi connectivity index (χ0) is 26.5. The molecule has 0 radical (unpaired) electrons. The highest BCUT2D eigenvalue weighted by Gasteiger charge is 2.43. The molecule has 2 aromatic carbocycles. The summed E-state index contributed by atoms with van der Waals surface area (Å²) in [5.41, 5.74) is 0.951. The first-order valence-corrected chi connectivity index (χ1v) is 12.5. The van der Waals surface area contributed by atoms with Gasteiger partial charge in [0, 0.05) is 56.0 Å². The molecule has 0 aliphatic carbocycles. The van der Waals surface area contributed by atoms with E-state index in [1.807, 2.05) is 18.2 Å². The van der Waals surface area contributed by atoms with Gasteiger partial charge in [-0.3, -0.25) is 9.59 Å². The van der Waals surface area contributed by atoms with Crippen LogP contribution >= 0.6 is 11.6 Å². The Morgan fingerprint density at radius 3 is 2.35 bits per heavy atom. The van der Waals surface area contributed by atoms with Crippen LogP contribution in [-0.4, -0.2) is 65.9 Å². The highest BCUT2D eigenvalue weighted by Crippen LogP contribution is 2.37. The molecule has 37 heavy (non-hydrogen) atoms. The summed E-state index contributed by atoms with van der Waals surface area (Å²) in [6, 6.07) is 14.4. The number of piperidine rings is 1. The van der Waals surface area contributed by atoms with Crippen LogP contribution in [0.25, 0.3) is 0 Å². The lowest BCUT2D eigenvalue weighted by Gasteiger charge is -2.33. The minimum absolute atomic E-state index is 0.107. The zero-order valence-electron chi connectivity index (χ0n) is 20.5. The Labute approximate surface area is 220 Å². The molecule has 2 aliphatic heterocycles. The van der Waals surface area contributed by atoms with E-state index in [0.29, 0.717) is 44.0 Å². The molecule has 194 valence electrons. The van der Waals surface area contributed by atoms with E-state index in [-0.39, 0.29) is 41.6 Å². The number of halogens is 2. The summed E-state index contributed by atoms with van der Waals surface area (Å²) in [6.07, 6.45) is 0.290. The van der Waals surface area contributed by atoms with Gasteiger partial charge in [-0.1, -0.05) is 23.7 Å². The van der Waals surface area contributed by atoms with Crippen molar-refractivity contribution in [2.45, 2.75) is 25.2 Å². The van der Waals surface area contributed by atoms with E-state index < -0.39 is 11.9 Å².